The maximum absolute atomic E-state index is 10.3. The van der Waals surface area contributed by atoms with Crippen molar-refractivity contribution >= 4 is 0 Å². The molecule has 2 atom stereocenters. The standard InChI is InChI=1S/C15H30O/c1-4-6-12(3)15(16)14-10-8-13(7-5-2)9-11-14/h12-16H,4-11H2,1-3H3. The Morgan fingerprint density at radius 2 is 1.69 bits per heavy atom. The molecule has 1 aliphatic carbocycles. The van der Waals surface area contributed by atoms with Crippen molar-refractivity contribution in [3.8, 4) is 0 Å². The Balaban J connectivity index is 2.29. The predicted molar refractivity (Wildman–Crippen MR) is 70.4 cm³/mol. The Hall–Kier alpha value is -0.0400. The van der Waals surface area contributed by atoms with Crippen LogP contribution in [-0.4, -0.2) is 11.2 Å². The van der Waals surface area contributed by atoms with Crippen molar-refractivity contribution in [2.45, 2.75) is 78.2 Å². The molecule has 16 heavy (non-hydrogen) atoms. The molecule has 0 saturated heterocycles. The van der Waals surface area contributed by atoms with Gasteiger partial charge in [0.25, 0.3) is 0 Å². The van der Waals surface area contributed by atoms with E-state index in [1.165, 1.54) is 51.4 Å². The second-order valence-electron chi connectivity index (χ2n) is 5.83. The van der Waals surface area contributed by atoms with E-state index in [0.717, 1.165) is 5.92 Å². The van der Waals surface area contributed by atoms with Crippen molar-refractivity contribution in [2.24, 2.45) is 17.8 Å². The van der Waals surface area contributed by atoms with Gasteiger partial charge in [-0.2, -0.15) is 0 Å². The summed E-state index contributed by atoms with van der Waals surface area (Å²) in [4.78, 5) is 0. The van der Waals surface area contributed by atoms with Crippen LogP contribution in [-0.2, 0) is 0 Å². The highest BCUT2D eigenvalue weighted by Gasteiger charge is 2.28. The molecule has 1 nitrogen and oxygen atoms in total. The molecule has 0 bridgehead atoms. The van der Waals surface area contributed by atoms with Crippen LogP contribution < -0.4 is 0 Å². The number of aliphatic hydroxyl groups excluding tert-OH is 1. The Morgan fingerprint density at radius 1 is 1.06 bits per heavy atom. The fourth-order valence-electron chi connectivity index (χ4n) is 3.32. The first kappa shape index (κ1) is 14.0. The number of rotatable bonds is 6. The second-order valence-corrected chi connectivity index (χ2v) is 5.83. The first-order valence-electron chi connectivity index (χ1n) is 7.37. The van der Waals surface area contributed by atoms with E-state index in [9.17, 15) is 5.11 Å². The molecule has 1 heteroatoms. The van der Waals surface area contributed by atoms with E-state index in [4.69, 9.17) is 0 Å². The first-order chi connectivity index (χ1) is 7.69. The molecule has 0 aromatic carbocycles. The molecule has 1 N–H and O–H groups in total. The van der Waals surface area contributed by atoms with Crippen LogP contribution in [0, 0.1) is 17.8 Å². The van der Waals surface area contributed by atoms with Gasteiger partial charge in [-0.1, -0.05) is 52.9 Å². The molecule has 0 aliphatic heterocycles. The van der Waals surface area contributed by atoms with Crippen molar-refractivity contribution in [2.75, 3.05) is 0 Å². The molecule has 0 spiro atoms. The fourth-order valence-corrected chi connectivity index (χ4v) is 3.32. The lowest BCUT2D eigenvalue weighted by molar-refractivity contribution is 0.0282. The maximum Gasteiger partial charge on any atom is 0.0593 e. The normalized spacial score (nSPS) is 30.0. The average molecular weight is 226 g/mol. The van der Waals surface area contributed by atoms with Crippen LogP contribution in [0.4, 0.5) is 0 Å². The molecule has 0 heterocycles. The molecule has 2 unspecified atom stereocenters. The van der Waals surface area contributed by atoms with E-state index < -0.39 is 0 Å². The summed E-state index contributed by atoms with van der Waals surface area (Å²) in [5.41, 5.74) is 0. The van der Waals surface area contributed by atoms with E-state index in [1.54, 1.807) is 0 Å². The quantitative estimate of drug-likeness (QED) is 0.712. The predicted octanol–water partition coefficient (Wildman–Crippen LogP) is 4.39. The summed E-state index contributed by atoms with van der Waals surface area (Å²) in [5.74, 6) is 2.04. The summed E-state index contributed by atoms with van der Waals surface area (Å²) in [6.07, 6.45) is 10.3. The van der Waals surface area contributed by atoms with Crippen LogP contribution in [0.2, 0.25) is 0 Å². The number of aliphatic hydroxyl groups is 1. The van der Waals surface area contributed by atoms with Crippen molar-refractivity contribution in [3.05, 3.63) is 0 Å². The summed E-state index contributed by atoms with van der Waals surface area (Å²) in [6, 6.07) is 0. The van der Waals surface area contributed by atoms with Crippen LogP contribution in [0.5, 0.6) is 0 Å². The molecule has 0 amide bonds. The van der Waals surface area contributed by atoms with Gasteiger partial charge in [0.1, 0.15) is 0 Å². The van der Waals surface area contributed by atoms with Gasteiger partial charge in [0.15, 0.2) is 0 Å². The Kier molecular flexibility index (Phi) is 6.41. The fraction of sp³-hybridized carbons (Fsp3) is 1.00. The van der Waals surface area contributed by atoms with E-state index in [2.05, 4.69) is 20.8 Å². The largest absolute Gasteiger partial charge is 0.393 e. The lowest BCUT2D eigenvalue weighted by Crippen LogP contribution is -2.30. The van der Waals surface area contributed by atoms with E-state index in [0.29, 0.717) is 11.8 Å². The van der Waals surface area contributed by atoms with E-state index in [1.807, 2.05) is 0 Å². The van der Waals surface area contributed by atoms with Gasteiger partial charge in [-0.3, -0.25) is 0 Å². The van der Waals surface area contributed by atoms with Crippen LogP contribution in [0.3, 0.4) is 0 Å². The SMILES string of the molecule is CCCC1CCC(C(O)C(C)CCC)CC1. The zero-order valence-electron chi connectivity index (χ0n) is 11.4. The van der Waals surface area contributed by atoms with Crippen molar-refractivity contribution in [3.63, 3.8) is 0 Å². The first-order valence-corrected chi connectivity index (χ1v) is 7.37. The summed E-state index contributed by atoms with van der Waals surface area (Å²) in [5, 5.41) is 10.3. The summed E-state index contributed by atoms with van der Waals surface area (Å²) in [7, 11) is 0. The Labute approximate surface area is 102 Å². The van der Waals surface area contributed by atoms with Gasteiger partial charge in [-0.15, -0.1) is 0 Å². The minimum Gasteiger partial charge on any atom is -0.393 e. The van der Waals surface area contributed by atoms with Crippen molar-refractivity contribution in [1.82, 2.24) is 0 Å². The highest BCUT2D eigenvalue weighted by molar-refractivity contribution is 4.80. The van der Waals surface area contributed by atoms with Crippen LogP contribution in [0.25, 0.3) is 0 Å². The minimum absolute atomic E-state index is 0.0393. The average Bonchev–Trinajstić information content (AvgIpc) is 2.30. The minimum atomic E-state index is -0.0393. The molecule has 1 aliphatic rings. The summed E-state index contributed by atoms with van der Waals surface area (Å²) >= 11 is 0. The Morgan fingerprint density at radius 3 is 2.19 bits per heavy atom. The second kappa shape index (κ2) is 7.32. The van der Waals surface area contributed by atoms with E-state index >= 15 is 0 Å². The zero-order chi connectivity index (χ0) is 12.0. The monoisotopic (exact) mass is 226 g/mol. The van der Waals surface area contributed by atoms with Gasteiger partial charge in [-0.25, -0.2) is 0 Å². The molecular formula is C15H30O. The summed E-state index contributed by atoms with van der Waals surface area (Å²) in [6.45, 7) is 6.71. The highest BCUT2D eigenvalue weighted by atomic mass is 16.3. The number of hydrogen-bond acceptors (Lipinski definition) is 1. The van der Waals surface area contributed by atoms with Gasteiger partial charge in [-0.05, 0) is 37.0 Å². The van der Waals surface area contributed by atoms with Crippen LogP contribution in [0.15, 0.2) is 0 Å². The van der Waals surface area contributed by atoms with Crippen LogP contribution in [0.1, 0.15) is 72.1 Å². The van der Waals surface area contributed by atoms with Gasteiger partial charge < -0.3 is 5.11 Å². The molecule has 96 valence electrons. The number of hydrogen-bond donors (Lipinski definition) is 1. The maximum atomic E-state index is 10.3. The molecular weight excluding hydrogens is 196 g/mol. The topological polar surface area (TPSA) is 20.2 Å². The van der Waals surface area contributed by atoms with Gasteiger partial charge >= 0.3 is 0 Å². The van der Waals surface area contributed by atoms with Crippen LogP contribution >= 0.6 is 0 Å². The molecule has 1 fully saturated rings. The Bertz CT molecular complexity index is 170. The molecule has 1 saturated carbocycles. The molecule has 0 aromatic heterocycles. The summed E-state index contributed by atoms with van der Waals surface area (Å²) < 4.78 is 0. The van der Waals surface area contributed by atoms with Gasteiger partial charge in [0, 0.05) is 0 Å². The van der Waals surface area contributed by atoms with Gasteiger partial charge in [0.2, 0.25) is 0 Å². The van der Waals surface area contributed by atoms with Gasteiger partial charge in [0.05, 0.1) is 6.10 Å². The molecule has 0 radical (unpaired) electrons. The third-order valence-electron chi connectivity index (χ3n) is 4.40. The zero-order valence-corrected chi connectivity index (χ0v) is 11.4. The van der Waals surface area contributed by atoms with E-state index in [-0.39, 0.29) is 6.10 Å². The smallest absolute Gasteiger partial charge is 0.0593 e. The third kappa shape index (κ3) is 4.08. The highest BCUT2D eigenvalue weighted by Crippen LogP contribution is 2.35. The lowest BCUT2D eigenvalue weighted by atomic mass is 9.75. The van der Waals surface area contributed by atoms with Crippen molar-refractivity contribution in [1.29, 1.82) is 0 Å². The molecule has 1 rings (SSSR count). The van der Waals surface area contributed by atoms with Crippen molar-refractivity contribution < 1.29 is 5.11 Å². The molecule has 0 aromatic rings. The third-order valence-corrected chi connectivity index (χ3v) is 4.40. The lowest BCUT2D eigenvalue weighted by Gasteiger charge is -2.34.